The lowest BCUT2D eigenvalue weighted by Gasteiger charge is -2.30. The van der Waals surface area contributed by atoms with Crippen molar-refractivity contribution < 1.29 is 13.6 Å². The summed E-state index contributed by atoms with van der Waals surface area (Å²) in [7, 11) is 0. The molecule has 1 fully saturated rings. The van der Waals surface area contributed by atoms with Gasteiger partial charge >= 0.3 is 0 Å². The predicted octanol–water partition coefficient (Wildman–Crippen LogP) is 5.63. The average molecular weight is 405 g/mol. The fourth-order valence-corrected chi connectivity index (χ4v) is 5.21. The van der Waals surface area contributed by atoms with E-state index >= 15 is 0 Å². The lowest BCUT2D eigenvalue weighted by Crippen LogP contribution is -2.20. The number of aldehydes is 1. The third-order valence-corrected chi connectivity index (χ3v) is 6.52. The van der Waals surface area contributed by atoms with Crippen molar-refractivity contribution >= 4 is 29.0 Å². The Hall–Kier alpha value is -1.49. The zero-order valence-electron chi connectivity index (χ0n) is 15.4. The minimum atomic E-state index is -1.94. The van der Waals surface area contributed by atoms with Crippen LogP contribution in [0, 0.1) is 12.8 Å². The van der Waals surface area contributed by atoms with Gasteiger partial charge in [-0.05, 0) is 48.4 Å². The molecule has 2 aromatic rings. The molecule has 3 atom stereocenters. The van der Waals surface area contributed by atoms with Gasteiger partial charge in [-0.3, -0.25) is 0 Å². The van der Waals surface area contributed by atoms with Crippen molar-refractivity contribution in [2.45, 2.75) is 50.2 Å². The molecule has 0 bridgehead atoms. The van der Waals surface area contributed by atoms with Crippen molar-refractivity contribution in [3.05, 3.63) is 69.7 Å². The van der Waals surface area contributed by atoms with Gasteiger partial charge in [0.2, 0.25) is 0 Å². The van der Waals surface area contributed by atoms with Crippen LogP contribution in [-0.2, 0) is 21.6 Å². The molecule has 5 heteroatoms. The van der Waals surface area contributed by atoms with Crippen molar-refractivity contribution in [2.75, 3.05) is 0 Å². The van der Waals surface area contributed by atoms with Gasteiger partial charge in [-0.1, -0.05) is 66.4 Å². The molecule has 2 aromatic carbocycles. The number of hydrogen-bond donors (Lipinski definition) is 1. The average Bonchev–Trinajstić information content (AvgIpc) is 3.15. The maximum atomic E-state index is 12.2. The third kappa shape index (κ3) is 4.87. The van der Waals surface area contributed by atoms with E-state index in [0.29, 0.717) is 16.5 Å². The van der Waals surface area contributed by atoms with Crippen LogP contribution in [0.5, 0.6) is 0 Å². The van der Waals surface area contributed by atoms with E-state index in [4.69, 9.17) is 16.2 Å². The number of halogens is 1. The number of carbonyl (C=O) groups is 1. The predicted molar refractivity (Wildman–Crippen MR) is 111 cm³/mol. The quantitative estimate of drug-likeness (QED) is 0.480. The number of carbonyl (C=O) groups excluding carboxylic acids is 1. The SMILES string of the molecule is Cc1cccc([C@H](C2CCCC2)[C@@H](C=O)c2ccc(CS(=O)O)c(Cl)c2)c1. The van der Waals surface area contributed by atoms with Crippen LogP contribution in [0.25, 0.3) is 0 Å². The second kappa shape index (κ2) is 9.13. The first kappa shape index (κ1) is 20.2. The van der Waals surface area contributed by atoms with Gasteiger partial charge in [0, 0.05) is 16.9 Å². The molecule has 0 aromatic heterocycles. The lowest BCUT2D eigenvalue weighted by molar-refractivity contribution is -0.109. The van der Waals surface area contributed by atoms with Crippen molar-refractivity contribution in [3.8, 4) is 0 Å². The van der Waals surface area contributed by atoms with Crippen LogP contribution in [-0.4, -0.2) is 15.0 Å². The Bertz CT molecular complexity index is 830. The molecule has 1 aliphatic rings. The fraction of sp³-hybridized carbons (Fsp3) is 0.409. The molecule has 3 rings (SSSR count). The van der Waals surface area contributed by atoms with Crippen molar-refractivity contribution in [2.24, 2.45) is 5.92 Å². The highest BCUT2D eigenvalue weighted by Crippen LogP contribution is 2.45. The Kier molecular flexibility index (Phi) is 6.85. The molecule has 0 saturated heterocycles. The van der Waals surface area contributed by atoms with Crippen LogP contribution < -0.4 is 0 Å². The van der Waals surface area contributed by atoms with Gasteiger partial charge in [0.1, 0.15) is 6.29 Å². The maximum absolute atomic E-state index is 12.2. The van der Waals surface area contributed by atoms with E-state index in [1.54, 1.807) is 12.1 Å². The minimum Gasteiger partial charge on any atom is -0.306 e. The van der Waals surface area contributed by atoms with E-state index in [2.05, 4.69) is 31.2 Å². The van der Waals surface area contributed by atoms with Gasteiger partial charge in [0.05, 0.1) is 5.75 Å². The zero-order valence-corrected chi connectivity index (χ0v) is 17.0. The van der Waals surface area contributed by atoms with Gasteiger partial charge in [-0.2, -0.15) is 0 Å². The van der Waals surface area contributed by atoms with E-state index < -0.39 is 11.1 Å². The van der Waals surface area contributed by atoms with E-state index in [9.17, 15) is 9.00 Å². The summed E-state index contributed by atoms with van der Waals surface area (Å²) in [4.78, 5) is 12.2. The summed E-state index contributed by atoms with van der Waals surface area (Å²) in [5.41, 5.74) is 3.90. The smallest absolute Gasteiger partial charge is 0.157 e. The first-order chi connectivity index (χ1) is 13.0. The van der Waals surface area contributed by atoms with Gasteiger partial charge < -0.3 is 9.35 Å². The number of hydrogen-bond acceptors (Lipinski definition) is 2. The molecule has 0 heterocycles. The molecular formula is C22H25ClO3S. The highest BCUT2D eigenvalue weighted by Gasteiger charge is 2.34. The highest BCUT2D eigenvalue weighted by atomic mass is 35.5. The lowest BCUT2D eigenvalue weighted by atomic mass is 9.73. The third-order valence-electron chi connectivity index (χ3n) is 5.61. The van der Waals surface area contributed by atoms with Crippen LogP contribution in [0.1, 0.15) is 59.8 Å². The van der Waals surface area contributed by atoms with Gasteiger partial charge in [-0.15, -0.1) is 0 Å². The van der Waals surface area contributed by atoms with Crippen LogP contribution >= 0.6 is 11.6 Å². The molecule has 1 saturated carbocycles. The normalized spacial score (nSPS) is 18.2. The second-order valence-electron chi connectivity index (χ2n) is 7.46. The molecule has 3 nitrogen and oxygen atoms in total. The molecule has 1 N–H and O–H groups in total. The molecule has 1 unspecified atom stereocenters. The van der Waals surface area contributed by atoms with Crippen molar-refractivity contribution in [1.29, 1.82) is 0 Å². The Balaban J connectivity index is 2.00. The standard InChI is InChI=1S/C22H25ClO3S/c1-15-5-4-8-18(11-15)22(16-6-2-3-7-16)20(13-24)17-9-10-19(14-27(25)26)21(23)12-17/h4-5,8-13,16,20,22H,2-3,6-7,14H2,1H3,(H,25,26)/t20-,22-/m0/s1. The van der Waals surface area contributed by atoms with Crippen LogP contribution in [0.3, 0.4) is 0 Å². The first-order valence-corrected chi connectivity index (χ1v) is 11.0. The number of rotatable bonds is 7. The molecule has 0 spiro atoms. The fourth-order valence-electron chi connectivity index (χ4n) is 4.36. The summed E-state index contributed by atoms with van der Waals surface area (Å²) < 4.78 is 20.2. The Morgan fingerprint density at radius 2 is 1.93 bits per heavy atom. The summed E-state index contributed by atoms with van der Waals surface area (Å²) in [5, 5.41) is 0.441. The second-order valence-corrected chi connectivity index (χ2v) is 8.80. The Labute approximate surface area is 168 Å². The molecular weight excluding hydrogens is 380 g/mol. The van der Waals surface area contributed by atoms with Crippen molar-refractivity contribution in [1.82, 2.24) is 0 Å². The number of benzene rings is 2. The summed E-state index contributed by atoms with van der Waals surface area (Å²) in [5.74, 6) is 0.319. The minimum absolute atomic E-state index is 0.00516. The Morgan fingerprint density at radius 1 is 1.19 bits per heavy atom. The van der Waals surface area contributed by atoms with Gasteiger partial charge in [0.15, 0.2) is 11.1 Å². The number of aryl methyl sites for hydroxylation is 1. The first-order valence-electron chi connectivity index (χ1n) is 9.37. The van der Waals surface area contributed by atoms with Crippen LogP contribution in [0.15, 0.2) is 42.5 Å². The van der Waals surface area contributed by atoms with Gasteiger partial charge in [0.25, 0.3) is 0 Å². The summed E-state index contributed by atoms with van der Waals surface area (Å²) in [6, 6.07) is 13.9. The van der Waals surface area contributed by atoms with E-state index in [0.717, 1.165) is 24.7 Å². The molecule has 0 radical (unpaired) electrons. The zero-order chi connectivity index (χ0) is 19.4. The molecule has 0 amide bonds. The molecule has 1 aliphatic carbocycles. The summed E-state index contributed by atoms with van der Waals surface area (Å²) in [6.45, 7) is 2.08. The van der Waals surface area contributed by atoms with Crippen LogP contribution in [0.2, 0.25) is 5.02 Å². The molecule has 0 aliphatic heterocycles. The van der Waals surface area contributed by atoms with Crippen molar-refractivity contribution in [3.63, 3.8) is 0 Å². The summed E-state index contributed by atoms with van der Waals surface area (Å²) >= 11 is 4.41. The monoisotopic (exact) mass is 404 g/mol. The van der Waals surface area contributed by atoms with Crippen LogP contribution in [0.4, 0.5) is 0 Å². The van der Waals surface area contributed by atoms with E-state index in [-0.39, 0.29) is 17.6 Å². The topological polar surface area (TPSA) is 54.4 Å². The van der Waals surface area contributed by atoms with Gasteiger partial charge in [-0.25, -0.2) is 4.21 Å². The summed E-state index contributed by atoms with van der Waals surface area (Å²) in [6.07, 6.45) is 5.73. The highest BCUT2D eigenvalue weighted by molar-refractivity contribution is 7.78. The largest absolute Gasteiger partial charge is 0.306 e. The van der Waals surface area contributed by atoms with E-state index in [1.165, 1.54) is 24.0 Å². The Morgan fingerprint density at radius 3 is 2.52 bits per heavy atom. The molecule has 27 heavy (non-hydrogen) atoms. The molecule has 144 valence electrons. The maximum Gasteiger partial charge on any atom is 0.157 e. The van der Waals surface area contributed by atoms with E-state index in [1.807, 2.05) is 6.07 Å².